The number of fused-ring (bicyclic) bond motifs is 1. The zero-order valence-electron chi connectivity index (χ0n) is 14.1. The van der Waals surface area contributed by atoms with Gasteiger partial charge in [-0.25, -0.2) is 4.79 Å². The highest BCUT2D eigenvalue weighted by Crippen LogP contribution is 2.28. The van der Waals surface area contributed by atoms with Crippen LogP contribution in [0.5, 0.6) is 5.75 Å². The Morgan fingerprint density at radius 1 is 1.38 bits per heavy atom. The van der Waals surface area contributed by atoms with Gasteiger partial charge in [-0.3, -0.25) is 4.68 Å². The van der Waals surface area contributed by atoms with Crippen LogP contribution in [0.15, 0.2) is 24.3 Å². The van der Waals surface area contributed by atoms with E-state index in [1.807, 2.05) is 13.8 Å². The summed E-state index contributed by atoms with van der Waals surface area (Å²) < 4.78 is 7.84. The zero-order valence-corrected chi connectivity index (χ0v) is 14.1. The van der Waals surface area contributed by atoms with Gasteiger partial charge >= 0.3 is 5.97 Å². The largest absolute Gasteiger partial charge is 0.489 e. The maximum atomic E-state index is 11.2. The highest BCUT2D eigenvalue weighted by molar-refractivity contribution is 5.89. The number of carbonyl (C=O) groups is 1. The number of nitrogens with one attached hydrogen (secondary N) is 1. The number of rotatable bonds is 6. The summed E-state index contributed by atoms with van der Waals surface area (Å²) in [5, 5.41) is 17.1. The molecular formula is C18H23N3O3. The molecule has 1 aromatic heterocycles. The van der Waals surface area contributed by atoms with Crippen molar-refractivity contribution in [3.63, 3.8) is 0 Å². The second-order valence-corrected chi connectivity index (χ2v) is 6.34. The quantitative estimate of drug-likeness (QED) is 0.850. The second-order valence-electron chi connectivity index (χ2n) is 6.34. The Bertz CT molecular complexity index is 714. The Morgan fingerprint density at radius 3 is 2.92 bits per heavy atom. The van der Waals surface area contributed by atoms with E-state index in [0.29, 0.717) is 18.0 Å². The van der Waals surface area contributed by atoms with E-state index in [1.165, 1.54) is 18.5 Å². The third-order valence-corrected chi connectivity index (χ3v) is 4.02. The van der Waals surface area contributed by atoms with Crippen LogP contribution < -0.4 is 10.1 Å². The van der Waals surface area contributed by atoms with Gasteiger partial charge < -0.3 is 15.2 Å². The van der Waals surface area contributed by atoms with Crippen molar-refractivity contribution in [3.05, 3.63) is 41.2 Å². The molecule has 0 unspecified atom stereocenters. The summed E-state index contributed by atoms with van der Waals surface area (Å²) in [7, 11) is 0. The van der Waals surface area contributed by atoms with Crippen LogP contribution in [0.25, 0.3) is 0 Å². The molecule has 6 nitrogen and oxygen atoms in total. The van der Waals surface area contributed by atoms with E-state index in [-0.39, 0.29) is 11.7 Å². The van der Waals surface area contributed by atoms with Crippen LogP contribution in [0.1, 0.15) is 48.4 Å². The standard InChI is InChI=1S/C18H23N3O3/c1-12(2)24-17-7-6-13(18(22)23)9-16(17)19-11-14-10-15-5-3-4-8-21(15)20-14/h6-7,9-10,12,19H,3-5,8,11H2,1-2H3,(H,22,23). The Balaban J connectivity index is 1.78. The molecule has 128 valence electrons. The van der Waals surface area contributed by atoms with Crippen molar-refractivity contribution in [1.82, 2.24) is 9.78 Å². The van der Waals surface area contributed by atoms with Crippen LogP contribution in [0.2, 0.25) is 0 Å². The van der Waals surface area contributed by atoms with E-state index in [2.05, 4.69) is 21.2 Å². The summed E-state index contributed by atoms with van der Waals surface area (Å²) in [5.74, 6) is -0.300. The molecule has 1 aliphatic rings. The van der Waals surface area contributed by atoms with Gasteiger partial charge in [-0.2, -0.15) is 5.10 Å². The first-order chi connectivity index (χ1) is 11.5. The fourth-order valence-corrected chi connectivity index (χ4v) is 2.91. The molecule has 3 rings (SSSR count). The first kappa shape index (κ1) is 16.4. The van der Waals surface area contributed by atoms with Crippen molar-refractivity contribution in [2.45, 2.75) is 52.3 Å². The molecule has 2 aromatic rings. The van der Waals surface area contributed by atoms with E-state index >= 15 is 0 Å². The number of aryl methyl sites for hydroxylation is 2. The number of carboxylic acids is 1. The van der Waals surface area contributed by atoms with Crippen molar-refractivity contribution in [2.24, 2.45) is 0 Å². The fourth-order valence-electron chi connectivity index (χ4n) is 2.91. The molecule has 0 saturated carbocycles. The van der Waals surface area contributed by atoms with Gasteiger partial charge in [0.15, 0.2) is 0 Å². The van der Waals surface area contributed by atoms with E-state index in [1.54, 1.807) is 18.2 Å². The Labute approximate surface area is 141 Å². The van der Waals surface area contributed by atoms with Crippen molar-refractivity contribution < 1.29 is 14.6 Å². The minimum Gasteiger partial charge on any atom is -0.489 e. The van der Waals surface area contributed by atoms with Crippen LogP contribution >= 0.6 is 0 Å². The van der Waals surface area contributed by atoms with E-state index in [4.69, 9.17) is 4.74 Å². The lowest BCUT2D eigenvalue weighted by molar-refractivity contribution is 0.0697. The number of aromatic carboxylic acids is 1. The summed E-state index contributed by atoms with van der Waals surface area (Å²) in [6.07, 6.45) is 3.48. The number of aromatic nitrogens is 2. The van der Waals surface area contributed by atoms with Gasteiger partial charge in [0.2, 0.25) is 0 Å². The molecular weight excluding hydrogens is 306 g/mol. The Kier molecular flexibility index (Phi) is 4.74. The van der Waals surface area contributed by atoms with Crippen LogP contribution in [0.3, 0.4) is 0 Å². The molecule has 0 saturated heterocycles. The van der Waals surface area contributed by atoms with Gasteiger partial charge in [-0.1, -0.05) is 0 Å². The molecule has 0 aliphatic carbocycles. The highest BCUT2D eigenvalue weighted by atomic mass is 16.5. The summed E-state index contributed by atoms with van der Waals surface area (Å²) in [4.78, 5) is 11.2. The maximum Gasteiger partial charge on any atom is 0.335 e. The number of benzene rings is 1. The molecule has 0 atom stereocenters. The third kappa shape index (κ3) is 3.69. The SMILES string of the molecule is CC(C)Oc1ccc(C(=O)O)cc1NCc1cc2n(n1)CCCC2. The minimum atomic E-state index is -0.952. The first-order valence-corrected chi connectivity index (χ1v) is 8.36. The maximum absolute atomic E-state index is 11.2. The highest BCUT2D eigenvalue weighted by Gasteiger charge is 2.14. The lowest BCUT2D eigenvalue weighted by Gasteiger charge is -2.15. The van der Waals surface area contributed by atoms with E-state index < -0.39 is 5.97 Å². The van der Waals surface area contributed by atoms with Gasteiger partial charge in [0.05, 0.1) is 29.6 Å². The van der Waals surface area contributed by atoms with Crippen LogP contribution in [0, 0.1) is 0 Å². The Hall–Kier alpha value is -2.50. The van der Waals surface area contributed by atoms with E-state index in [0.717, 1.165) is 18.7 Å². The number of carboxylic acid groups (broad SMARTS) is 1. The number of hydrogen-bond donors (Lipinski definition) is 2. The second kappa shape index (κ2) is 6.95. The Morgan fingerprint density at radius 2 is 2.21 bits per heavy atom. The smallest absolute Gasteiger partial charge is 0.335 e. The average molecular weight is 329 g/mol. The topological polar surface area (TPSA) is 76.4 Å². The van der Waals surface area contributed by atoms with Gasteiger partial charge in [0, 0.05) is 12.2 Å². The molecule has 0 amide bonds. The van der Waals surface area contributed by atoms with Gasteiger partial charge in [0.25, 0.3) is 0 Å². The average Bonchev–Trinajstić information content (AvgIpc) is 2.96. The predicted octanol–water partition coefficient (Wildman–Crippen LogP) is 3.32. The van der Waals surface area contributed by atoms with Crippen molar-refractivity contribution in [1.29, 1.82) is 0 Å². The van der Waals surface area contributed by atoms with Crippen LogP contribution in [0.4, 0.5) is 5.69 Å². The van der Waals surface area contributed by atoms with Crippen LogP contribution in [-0.2, 0) is 19.5 Å². The summed E-state index contributed by atoms with van der Waals surface area (Å²) in [5.41, 5.74) is 3.14. The third-order valence-electron chi connectivity index (χ3n) is 4.02. The predicted molar refractivity (Wildman–Crippen MR) is 91.7 cm³/mol. The molecule has 1 aliphatic heterocycles. The number of nitrogens with zero attached hydrogens (tertiary/aromatic N) is 2. The molecule has 24 heavy (non-hydrogen) atoms. The molecule has 0 bridgehead atoms. The summed E-state index contributed by atoms with van der Waals surface area (Å²) >= 11 is 0. The molecule has 1 aromatic carbocycles. The molecule has 0 spiro atoms. The zero-order chi connectivity index (χ0) is 17.1. The molecule has 0 fully saturated rings. The van der Waals surface area contributed by atoms with Gasteiger partial charge in [-0.05, 0) is 57.4 Å². The van der Waals surface area contributed by atoms with Gasteiger partial charge in [-0.15, -0.1) is 0 Å². The van der Waals surface area contributed by atoms with E-state index in [9.17, 15) is 9.90 Å². The summed E-state index contributed by atoms with van der Waals surface area (Å²) in [6, 6.07) is 6.98. The molecule has 2 N–H and O–H groups in total. The first-order valence-electron chi connectivity index (χ1n) is 8.36. The lowest BCUT2D eigenvalue weighted by atomic mass is 10.1. The fraction of sp³-hybridized carbons (Fsp3) is 0.444. The summed E-state index contributed by atoms with van der Waals surface area (Å²) in [6.45, 7) is 5.40. The molecule has 2 heterocycles. The van der Waals surface area contributed by atoms with Crippen molar-refractivity contribution >= 4 is 11.7 Å². The van der Waals surface area contributed by atoms with Crippen LogP contribution in [-0.4, -0.2) is 27.0 Å². The number of anilines is 1. The lowest BCUT2D eigenvalue weighted by Crippen LogP contribution is -2.11. The number of ether oxygens (including phenoxy) is 1. The molecule has 0 radical (unpaired) electrons. The normalized spacial score (nSPS) is 13.6. The van der Waals surface area contributed by atoms with Crippen molar-refractivity contribution in [2.75, 3.05) is 5.32 Å². The van der Waals surface area contributed by atoms with Crippen molar-refractivity contribution in [3.8, 4) is 5.75 Å². The number of hydrogen-bond acceptors (Lipinski definition) is 4. The minimum absolute atomic E-state index is 0.0150. The molecule has 6 heteroatoms. The van der Waals surface area contributed by atoms with Gasteiger partial charge in [0.1, 0.15) is 5.75 Å². The monoisotopic (exact) mass is 329 g/mol.